The molecule has 0 bridgehead atoms. The zero-order valence-corrected chi connectivity index (χ0v) is 22.1. The molecule has 34 heavy (non-hydrogen) atoms. The van der Waals surface area contributed by atoms with E-state index in [9.17, 15) is 19.8 Å². The molecule has 1 aromatic heterocycles. The van der Waals surface area contributed by atoms with Gasteiger partial charge in [-0.25, -0.2) is 4.98 Å². The lowest BCUT2D eigenvalue weighted by Crippen LogP contribution is -2.47. The minimum Gasteiger partial charge on any atom is -0.457 e. The fraction of sp³-hybridized carbons (Fsp3) is 0.654. The molecule has 0 aliphatic carbocycles. The van der Waals surface area contributed by atoms with Crippen LogP contribution < -0.4 is 0 Å². The highest BCUT2D eigenvalue weighted by atomic mass is 32.1. The molecule has 1 unspecified atom stereocenters. The molecule has 0 fully saturated rings. The maximum Gasteiger partial charge on any atom is 0.309 e. The van der Waals surface area contributed by atoms with Gasteiger partial charge in [-0.15, -0.1) is 11.3 Å². The molecule has 0 radical (unpaired) electrons. The van der Waals surface area contributed by atoms with Crippen molar-refractivity contribution in [3.05, 3.63) is 33.3 Å². The molecule has 5 atom stereocenters. The SMILES string of the molecule is CC1=CCC(C(C)=Cc2csc(C)n2)OC(=O)C[C@H](O)C(C)(C)C(=O)[C@@H](C)[C@@H](O)[C@@H](C)OCC1. The van der Waals surface area contributed by atoms with Crippen molar-refractivity contribution in [2.75, 3.05) is 6.61 Å². The number of cyclic esters (lactones) is 1. The number of aromatic nitrogens is 1. The molecule has 1 aliphatic heterocycles. The first-order valence-electron chi connectivity index (χ1n) is 11.8. The maximum atomic E-state index is 13.1. The smallest absolute Gasteiger partial charge is 0.309 e. The molecule has 190 valence electrons. The number of carbonyl (C=O) groups is 2. The lowest BCUT2D eigenvalue weighted by molar-refractivity contribution is -0.154. The Morgan fingerprint density at radius 2 is 1.91 bits per heavy atom. The zero-order chi connectivity index (χ0) is 25.6. The van der Waals surface area contributed by atoms with E-state index >= 15 is 0 Å². The Hall–Kier alpha value is -1.87. The van der Waals surface area contributed by atoms with E-state index in [2.05, 4.69) is 4.98 Å². The third kappa shape index (κ3) is 7.57. The number of esters is 1. The number of aryl methyl sites for hydroxylation is 1. The van der Waals surface area contributed by atoms with Gasteiger partial charge in [0.15, 0.2) is 0 Å². The quantitative estimate of drug-likeness (QED) is 0.468. The van der Waals surface area contributed by atoms with Crippen LogP contribution in [0.4, 0.5) is 0 Å². The van der Waals surface area contributed by atoms with Gasteiger partial charge in [0.25, 0.3) is 0 Å². The molecule has 7 nitrogen and oxygen atoms in total. The summed E-state index contributed by atoms with van der Waals surface area (Å²) in [6, 6.07) is 0. The van der Waals surface area contributed by atoms with E-state index in [1.807, 2.05) is 38.3 Å². The largest absolute Gasteiger partial charge is 0.457 e. The van der Waals surface area contributed by atoms with Crippen molar-refractivity contribution in [2.45, 2.75) is 92.1 Å². The summed E-state index contributed by atoms with van der Waals surface area (Å²) >= 11 is 1.55. The van der Waals surface area contributed by atoms with Gasteiger partial charge in [-0.1, -0.05) is 32.4 Å². The molecule has 0 spiro atoms. The predicted molar refractivity (Wildman–Crippen MR) is 133 cm³/mol. The van der Waals surface area contributed by atoms with Crippen molar-refractivity contribution in [3.63, 3.8) is 0 Å². The number of hydrogen-bond acceptors (Lipinski definition) is 8. The highest BCUT2D eigenvalue weighted by molar-refractivity contribution is 7.09. The van der Waals surface area contributed by atoms with Crippen molar-refractivity contribution in [1.29, 1.82) is 0 Å². The van der Waals surface area contributed by atoms with Crippen LogP contribution in [0.1, 0.15) is 71.5 Å². The van der Waals surface area contributed by atoms with Gasteiger partial charge >= 0.3 is 5.97 Å². The number of aliphatic hydroxyl groups excluding tert-OH is 2. The fourth-order valence-corrected chi connectivity index (χ4v) is 4.52. The number of rotatable bonds is 2. The molecule has 2 heterocycles. The Bertz CT molecular complexity index is 918. The van der Waals surface area contributed by atoms with Crippen LogP contribution >= 0.6 is 11.3 Å². The number of hydrogen-bond donors (Lipinski definition) is 2. The Balaban J connectivity index is 2.33. The van der Waals surface area contributed by atoms with Crippen LogP contribution in [-0.2, 0) is 19.1 Å². The second kappa shape index (κ2) is 12.2. The van der Waals surface area contributed by atoms with Gasteiger partial charge in [-0.2, -0.15) is 0 Å². The molecule has 0 aromatic carbocycles. The second-order valence-electron chi connectivity index (χ2n) is 9.86. The van der Waals surface area contributed by atoms with E-state index < -0.39 is 41.7 Å². The Morgan fingerprint density at radius 1 is 1.24 bits per heavy atom. The van der Waals surface area contributed by atoms with Crippen molar-refractivity contribution < 1.29 is 29.3 Å². The Morgan fingerprint density at radius 3 is 2.53 bits per heavy atom. The molecule has 0 amide bonds. The average molecular weight is 494 g/mol. The first kappa shape index (κ1) is 28.4. The minimum atomic E-state index is -1.25. The van der Waals surface area contributed by atoms with E-state index in [1.165, 1.54) is 0 Å². The normalized spacial score (nSPS) is 30.6. The van der Waals surface area contributed by atoms with Crippen LogP contribution in [0.15, 0.2) is 22.6 Å². The molecule has 1 aromatic rings. The van der Waals surface area contributed by atoms with Crippen LogP contribution in [0.3, 0.4) is 0 Å². The van der Waals surface area contributed by atoms with Gasteiger partial charge in [0, 0.05) is 17.7 Å². The van der Waals surface area contributed by atoms with E-state index in [1.54, 1.807) is 39.0 Å². The standard InChI is InChI=1S/C26H39NO6S/c1-15-8-9-21(16(2)12-20-14-34-19(5)27-20)33-23(29)13-22(28)26(6,7)25(31)17(3)24(30)18(4)32-11-10-15/h8,12,14,17-18,21-22,24,28,30H,9-11,13H2,1-7H3/t17-,18+,21?,22-,24+/m0/s1. The van der Waals surface area contributed by atoms with Gasteiger partial charge in [0.1, 0.15) is 11.9 Å². The second-order valence-corrected chi connectivity index (χ2v) is 10.9. The summed E-state index contributed by atoms with van der Waals surface area (Å²) in [6.45, 7) is 12.7. The Labute approximate surface area is 206 Å². The van der Waals surface area contributed by atoms with Crippen molar-refractivity contribution in [1.82, 2.24) is 4.98 Å². The number of carbonyl (C=O) groups excluding carboxylic acids is 2. The molecule has 0 saturated carbocycles. The van der Waals surface area contributed by atoms with Crippen LogP contribution in [0.25, 0.3) is 6.08 Å². The van der Waals surface area contributed by atoms with Crippen LogP contribution in [0.5, 0.6) is 0 Å². The highest BCUT2D eigenvalue weighted by Crippen LogP contribution is 2.31. The van der Waals surface area contributed by atoms with E-state index in [-0.39, 0.29) is 12.2 Å². The summed E-state index contributed by atoms with van der Waals surface area (Å²) in [5.74, 6) is -1.67. The highest BCUT2D eigenvalue weighted by Gasteiger charge is 2.42. The lowest BCUT2D eigenvalue weighted by Gasteiger charge is -2.34. The number of Topliss-reactive ketones (excluding diaryl/α,β-unsaturated/α-hetero) is 1. The zero-order valence-electron chi connectivity index (χ0n) is 21.3. The van der Waals surface area contributed by atoms with Crippen LogP contribution in [0.2, 0.25) is 0 Å². The van der Waals surface area contributed by atoms with E-state index in [4.69, 9.17) is 9.47 Å². The molecule has 1 aliphatic rings. The third-order valence-electron chi connectivity index (χ3n) is 6.59. The van der Waals surface area contributed by atoms with Gasteiger partial charge in [0.05, 0.1) is 47.5 Å². The predicted octanol–water partition coefficient (Wildman–Crippen LogP) is 4.26. The first-order valence-corrected chi connectivity index (χ1v) is 12.7. The van der Waals surface area contributed by atoms with Crippen molar-refractivity contribution in [3.8, 4) is 0 Å². The van der Waals surface area contributed by atoms with E-state index in [0.717, 1.165) is 21.8 Å². The number of ketones is 1. The number of ether oxygens (including phenoxy) is 2. The van der Waals surface area contributed by atoms with Crippen LogP contribution in [-0.4, -0.2) is 58.0 Å². The molecule has 2 rings (SSSR count). The molecule has 8 heteroatoms. The van der Waals surface area contributed by atoms with Crippen molar-refractivity contribution >= 4 is 29.2 Å². The topological polar surface area (TPSA) is 106 Å². The number of thiazole rings is 1. The summed E-state index contributed by atoms with van der Waals surface area (Å²) in [4.78, 5) is 30.4. The summed E-state index contributed by atoms with van der Waals surface area (Å²) in [5, 5.41) is 24.3. The van der Waals surface area contributed by atoms with Gasteiger partial charge in [-0.05, 0) is 45.8 Å². The number of aliphatic hydroxyl groups is 2. The van der Waals surface area contributed by atoms with Gasteiger partial charge in [-0.3, -0.25) is 9.59 Å². The minimum absolute atomic E-state index is 0.324. The molecular weight excluding hydrogens is 454 g/mol. The monoisotopic (exact) mass is 493 g/mol. The maximum absolute atomic E-state index is 13.1. The van der Waals surface area contributed by atoms with Crippen molar-refractivity contribution in [2.24, 2.45) is 11.3 Å². The summed E-state index contributed by atoms with van der Waals surface area (Å²) in [7, 11) is 0. The summed E-state index contributed by atoms with van der Waals surface area (Å²) in [6.07, 6.45) is 1.38. The molecule has 2 N–H and O–H groups in total. The first-order chi connectivity index (χ1) is 15.8. The molecule has 0 saturated heterocycles. The third-order valence-corrected chi connectivity index (χ3v) is 7.38. The van der Waals surface area contributed by atoms with Crippen LogP contribution in [0, 0.1) is 18.3 Å². The average Bonchev–Trinajstić information content (AvgIpc) is 3.18. The van der Waals surface area contributed by atoms with E-state index in [0.29, 0.717) is 19.4 Å². The lowest BCUT2D eigenvalue weighted by atomic mass is 9.74. The fourth-order valence-electron chi connectivity index (χ4n) is 3.95. The summed E-state index contributed by atoms with van der Waals surface area (Å²) in [5.41, 5.74) is 1.48. The molecular formula is C26H39NO6S. The van der Waals surface area contributed by atoms with Gasteiger partial charge < -0.3 is 19.7 Å². The van der Waals surface area contributed by atoms with Gasteiger partial charge in [0.2, 0.25) is 0 Å². The number of nitrogens with zero attached hydrogens (tertiary/aromatic N) is 1. The summed E-state index contributed by atoms with van der Waals surface area (Å²) < 4.78 is 11.6. The Kier molecular flexibility index (Phi) is 10.2.